The Morgan fingerprint density at radius 3 is 2.19 bits per heavy atom. The maximum atomic E-state index is 6.24. The number of hydrogen-bond donors (Lipinski definition) is 2. The summed E-state index contributed by atoms with van der Waals surface area (Å²) in [5.74, 6) is 0.652. The van der Waals surface area contributed by atoms with Gasteiger partial charge in [0.15, 0.2) is 0 Å². The largest absolute Gasteiger partial charge is 0.324 e. The molecule has 1 aliphatic heterocycles. The van der Waals surface area contributed by atoms with E-state index in [0.29, 0.717) is 5.92 Å². The van der Waals surface area contributed by atoms with Crippen LogP contribution in [0.15, 0.2) is 30.3 Å². The molecule has 1 aliphatic rings. The monoisotopic (exact) mass is 262 g/mol. The SMILES string of the molecule is Cl.Cl.NC(c1ccccc1)C1CCNCC1. The predicted molar refractivity (Wildman–Crippen MR) is 73.5 cm³/mol. The minimum Gasteiger partial charge on any atom is -0.324 e. The Bertz CT molecular complexity index is 274. The molecule has 1 unspecified atom stereocenters. The summed E-state index contributed by atoms with van der Waals surface area (Å²) in [5, 5.41) is 3.37. The molecule has 0 aromatic heterocycles. The lowest BCUT2D eigenvalue weighted by molar-refractivity contribution is 0.322. The van der Waals surface area contributed by atoms with Crippen LogP contribution in [0.1, 0.15) is 24.4 Å². The van der Waals surface area contributed by atoms with Gasteiger partial charge in [-0.2, -0.15) is 0 Å². The normalized spacial score (nSPS) is 18.1. The Labute approximate surface area is 110 Å². The highest BCUT2D eigenvalue weighted by Crippen LogP contribution is 2.26. The van der Waals surface area contributed by atoms with E-state index in [4.69, 9.17) is 5.73 Å². The maximum absolute atomic E-state index is 6.24. The zero-order valence-electron chi connectivity index (χ0n) is 9.26. The third-order valence-corrected chi connectivity index (χ3v) is 3.08. The third-order valence-electron chi connectivity index (χ3n) is 3.08. The zero-order chi connectivity index (χ0) is 9.80. The summed E-state index contributed by atoms with van der Waals surface area (Å²) in [6.45, 7) is 2.23. The van der Waals surface area contributed by atoms with Crippen molar-refractivity contribution in [3.63, 3.8) is 0 Å². The van der Waals surface area contributed by atoms with Crippen molar-refractivity contribution in [3.05, 3.63) is 35.9 Å². The standard InChI is InChI=1S/C12H18N2.2ClH/c13-12(10-4-2-1-3-5-10)11-6-8-14-9-7-11;;/h1-5,11-12,14H,6-9,13H2;2*1H. The molecule has 0 bridgehead atoms. The van der Waals surface area contributed by atoms with E-state index >= 15 is 0 Å². The smallest absolute Gasteiger partial charge is 0.0324 e. The predicted octanol–water partition coefficient (Wildman–Crippen LogP) is 2.53. The molecule has 16 heavy (non-hydrogen) atoms. The number of nitrogens with one attached hydrogen (secondary N) is 1. The number of rotatable bonds is 2. The molecule has 4 heteroatoms. The number of benzene rings is 1. The van der Waals surface area contributed by atoms with E-state index in [1.165, 1.54) is 18.4 Å². The van der Waals surface area contributed by atoms with Crippen LogP contribution < -0.4 is 11.1 Å². The van der Waals surface area contributed by atoms with Gasteiger partial charge >= 0.3 is 0 Å². The first-order valence-corrected chi connectivity index (χ1v) is 5.39. The molecular formula is C12H20Cl2N2. The second kappa shape index (κ2) is 7.91. The van der Waals surface area contributed by atoms with Crippen LogP contribution in [0.3, 0.4) is 0 Å². The fraction of sp³-hybridized carbons (Fsp3) is 0.500. The highest BCUT2D eigenvalue weighted by atomic mass is 35.5. The van der Waals surface area contributed by atoms with Crippen molar-refractivity contribution < 1.29 is 0 Å². The molecule has 1 aromatic carbocycles. The van der Waals surface area contributed by atoms with E-state index in [-0.39, 0.29) is 30.9 Å². The molecule has 0 saturated carbocycles. The van der Waals surface area contributed by atoms with Crippen molar-refractivity contribution in [2.45, 2.75) is 18.9 Å². The molecule has 1 heterocycles. The van der Waals surface area contributed by atoms with Crippen LogP contribution in [0.5, 0.6) is 0 Å². The van der Waals surface area contributed by atoms with Crippen molar-refractivity contribution in [1.82, 2.24) is 5.32 Å². The molecular weight excluding hydrogens is 243 g/mol. The third kappa shape index (κ3) is 3.95. The summed E-state index contributed by atoms with van der Waals surface area (Å²) in [5.41, 5.74) is 7.52. The Balaban J connectivity index is 0.00000112. The molecule has 1 aromatic rings. The molecule has 1 atom stereocenters. The van der Waals surface area contributed by atoms with Crippen LogP contribution in [0.4, 0.5) is 0 Å². The van der Waals surface area contributed by atoms with Gasteiger partial charge in [-0.15, -0.1) is 24.8 Å². The molecule has 1 fully saturated rings. The summed E-state index contributed by atoms with van der Waals surface area (Å²) in [7, 11) is 0. The first-order valence-electron chi connectivity index (χ1n) is 5.39. The Morgan fingerprint density at radius 1 is 1.06 bits per heavy atom. The molecule has 0 radical (unpaired) electrons. The second-order valence-corrected chi connectivity index (χ2v) is 4.02. The van der Waals surface area contributed by atoms with E-state index < -0.39 is 0 Å². The summed E-state index contributed by atoms with van der Waals surface area (Å²) in [6, 6.07) is 10.7. The minimum absolute atomic E-state index is 0. The molecule has 0 amide bonds. The van der Waals surface area contributed by atoms with Gasteiger partial charge in [-0.3, -0.25) is 0 Å². The summed E-state index contributed by atoms with van der Waals surface area (Å²) < 4.78 is 0. The van der Waals surface area contributed by atoms with Crippen LogP contribution in [0.2, 0.25) is 0 Å². The van der Waals surface area contributed by atoms with Gasteiger partial charge in [0.2, 0.25) is 0 Å². The molecule has 0 spiro atoms. The quantitative estimate of drug-likeness (QED) is 0.860. The Morgan fingerprint density at radius 2 is 1.62 bits per heavy atom. The average Bonchev–Trinajstić information content (AvgIpc) is 2.30. The number of nitrogens with two attached hydrogens (primary N) is 1. The Hall–Kier alpha value is -0.280. The molecule has 92 valence electrons. The van der Waals surface area contributed by atoms with E-state index in [2.05, 4.69) is 29.6 Å². The van der Waals surface area contributed by atoms with Crippen molar-refractivity contribution in [2.75, 3.05) is 13.1 Å². The summed E-state index contributed by atoms with van der Waals surface area (Å²) >= 11 is 0. The van der Waals surface area contributed by atoms with Gasteiger partial charge in [0.05, 0.1) is 0 Å². The van der Waals surface area contributed by atoms with Gasteiger partial charge in [-0.05, 0) is 37.4 Å². The van der Waals surface area contributed by atoms with Crippen LogP contribution in [0, 0.1) is 5.92 Å². The second-order valence-electron chi connectivity index (χ2n) is 4.02. The molecule has 3 N–H and O–H groups in total. The summed E-state index contributed by atoms with van der Waals surface area (Å²) in [6.07, 6.45) is 2.41. The van der Waals surface area contributed by atoms with E-state index in [9.17, 15) is 0 Å². The fourth-order valence-corrected chi connectivity index (χ4v) is 2.15. The number of piperidine rings is 1. The van der Waals surface area contributed by atoms with Crippen LogP contribution in [0.25, 0.3) is 0 Å². The van der Waals surface area contributed by atoms with Gasteiger partial charge in [-0.25, -0.2) is 0 Å². The number of halogens is 2. The van der Waals surface area contributed by atoms with Gasteiger partial charge in [0.25, 0.3) is 0 Å². The minimum atomic E-state index is 0. The lowest BCUT2D eigenvalue weighted by Gasteiger charge is -2.28. The van der Waals surface area contributed by atoms with Crippen molar-refractivity contribution in [3.8, 4) is 0 Å². The van der Waals surface area contributed by atoms with Crippen LogP contribution >= 0.6 is 24.8 Å². The zero-order valence-corrected chi connectivity index (χ0v) is 10.9. The van der Waals surface area contributed by atoms with Gasteiger partial charge in [-0.1, -0.05) is 30.3 Å². The fourth-order valence-electron chi connectivity index (χ4n) is 2.15. The topological polar surface area (TPSA) is 38.0 Å². The van der Waals surface area contributed by atoms with Gasteiger partial charge < -0.3 is 11.1 Å². The Kier molecular flexibility index (Phi) is 7.77. The van der Waals surface area contributed by atoms with Crippen molar-refractivity contribution in [2.24, 2.45) is 11.7 Å². The molecule has 1 saturated heterocycles. The summed E-state index contributed by atoms with van der Waals surface area (Å²) in [4.78, 5) is 0. The highest BCUT2D eigenvalue weighted by molar-refractivity contribution is 5.85. The van der Waals surface area contributed by atoms with Crippen LogP contribution in [-0.2, 0) is 0 Å². The van der Waals surface area contributed by atoms with E-state index in [1.54, 1.807) is 0 Å². The highest BCUT2D eigenvalue weighted by Gasteiger charge is 2.20. The maximum Gasteiger partial charge on any atom is 0.0324 e. The van der Waals surface area contributed by atoms with E-state index in [1.807, 2.05) is 6.07 Å². The molecule has 2 rings (SSSR count). The lowest BCUT2D eigenvalue weighted by atomic mass is 9.87. The van der Waals surface area contributed by atoms with Gasteiger partial charge in [0.1, 0.15) is 0 Å². The van der Waals surface area contributed by atoms with Gasteiger partial charge in [0, 0.05) is 6.04 Å². The first kappa shape index (κ1) is 15.7. The van der Waals surface area contributed by atoms with E-state index in [0.717, 1.165) is 13.1 Å². The van der Waals surface area contributed by atoms with Crippen molar-refractivity contribution in [1.29, 1.82) is 0 Å². The van der Waals surface area contributed by atoms with Crippen molar-refractivity contribution >= 4 is 24.8 Å². The molecule has 0 aliphatic carbocycles. The number of hydrogen-bond acceptors (Lipinski definition) is 2. The lowest BCUT2D eigenvalue weighted by Crippen LogP contribution is -2.33. The molecule has 2 nitrogen and oxygen atoms in total. The first-order chi connectivity index (χ1) is 6.88. The average molecular weight is 263 g/mol. The van der Waals surface area contributed by atoms with Crippen LogP contribution in [-0.4, -0.2) is 13.1 Å².